The molecule has 4 heterocycles. The van der Waals surface area contributed by atoms with E-state index in [0.29, 0.717) is 32.5 Å². The molecule has 5 rings (SSSR count). The van der Waals surface area contributed by atoms with E-state index in [2.05, 4.69) is 88.5 Å². The minimum absolute atomic E-state index is 0.0516. The molecule has 1 aromatic heterocycles. The standard InChI is InChI=1S/C29H46N8O3S/c1-19-9-7-10-20(2)27(19)23-14-25-33-28(32-23)35-41(38,39)26-13-21(34-36(26)6)16-37(17-24-30-11-8-12-31-24)22(18-40-25)15-29(3,4)5/h7-12,21-23,25-26,28,32-35H,13-18H2,1-6H3/t21?,22-,23?,25?,26?,28?/m1/s1. The zero-order valence-corrected chi connectivity index (χ0v) is 25.9. The number of ether oxygens (including phenoxy) is 1. The Morgan fingerprint density at radius 2 is 1.76 bits per heavy atom. The van der Waals surface area contributed by atoms with Crippen LogP contribution >= 0.6 is 0 Å². The molecule has 3 saturated heterocycles. The van der Waals surface area contributed by atoms with Gasteiger partial charge in [-0.25, -0.2) is 28.8 Å². The van der Waals surface area contributed by atoms with Crippen molar-refractivity contribution in [2.75, 3.05) is 20.2 Å². The van der Waals surface area contributed by atoms with E-state index in [0.717, 1.165) is 12.2 Å². The molecule has 6 atom stereocenters. The molecule has 0 aliphatic carbocycles. The molecule has 1 aromatic carbocycles. The van der Waals surface area contributed by atoms with Crippen molar-refractivity contribution < 1.29 is 13.2 Å². The normalized spacial score (nSPS) is 31.7. The van der Waals surface area contributed by atoms with Crippen molar-refractivity contribution in [3.8, 4) is 0 Å². The van der Waals surface area contributed by atoms with Gasteiger partial charge in [0.05, 0.1) is 13.2 Å². The molecule has 2 aromatic rings. The van der Waals surface area contributed by atoms with Gasteiger partial charge in [0.1, 0.15) is 23.7 Å². The van der Waals surface area contributed by atoms with Gasteiger partial charge in [-0.15, -0.1) is 0 Å². The Labute approximate surface area is 244 Å². The molecule has 0 saturated carbocycles. The van der Waals surface area contributed by atoms with E-state index in [4.69, 9.17) is 4.74 Å². The van der Waals surface area contributed by atoms with Gasteiger partial charge in [-0.05, 0) is 54.9 Å². The minimum atomic E-state index is -3.73. The number of fused-ring (bicyclic) bond motifs is 4. The lowest BCUT2D eigenvalue weighted by molar-refractivity contribution is -0.0510. The molecule has 3 aliphatic heterocycles. The predicted octanol–water partition coefficient (Wildman–Crippen LogP) is 2.12. The number of hydrazine groups is 1. The summed E-state index contributed by atoms with van der Waals surface area (Å²) in [6, 6.07) is 8.02. The topological polar surface area (TPSA) is 124 Å². The summed E-state index contributed by atoms with van der Waals surface area (Å²) in [6.07, 6.45) is 4.53. The first-order valence-electron chi connectivity index (χ1n) is 14.6. The Bertz CT molecular complexity index is 1270. The molecule has 4 N–H and O–H groups in total. The largest absolute Gasteiger partial charge is 0.362 e. The first-order valence-corrected chi connectivity index (χ1v) is 16.1. The number of aryl methyl sites for hydroxylation is 2. The van der Waals surface area contributed by atoms with Crippen molar-refractivity contribution in [2.45, 2.75) is 96.4 Å². The second-order valence-electron chi connectivity index (χ2n) is 13.0. The highest BCUT2D eigenvalue weighted by atomic mass is 32.2. The monoisotopic (exact) mass is 586 g/mol. The maximum absolute atomic E-state index is 13.7. The molecule has 11 nitrogen and oxygen atoms in total. The van der Waals surface area contributed by atoms with E-state index in [1.165, 1.54) is 16.7 Å². The third-order valence-electron chi connectivity index (χ3n) is 8.28. The Kier molecular flexibility index (Phi) is 9.12. The number of nitrogens with zero attached hydrogens (tertiary/aromatic N) is 4. The maximum atomic E-state index is 13.7. The second kappa shape index (κ2) is 12.3. The molecule has 3 aliphatic rings. The summed E-state index contributed by atoms with van der Waals surface area (Å²) in [5.74, 6) is 0.739. The average molecular weight is 587 g/mol. The van der Waals surface area contributed by atoms with Gasteiger partial charge in [-0.2, -0.15) is 4.72 Å². The lowest BCUT2D eigenvalue weighted by Crippen LogP contribution is -2.65. The van der Waals surface area contributed by atoms with Crippen molar-refractivity contribution in [1.82, 2.24) is 40.7 Å². The van der Waals surface area contributed by atoms with Gasteiger partial charge < -0.3 is 4.74 Å². The summed E-state index contributed by atoms with van der Waals surface area (Å²) in [5.41, 5.74) is 7.00. The number of hydrogen-bond donors (Lipinski definition) is 4. The van der Waals surface area contributed by atoms with Gasteiger partial charge >= 0.3 is 0 Å². The van der Waals surface area contributed by atoms with E-state index in [9.17, 15) is 8.42 Å². The van der Waals surface area contributed by atoms with Crippen LogP contribution in [-0.4, -0.2) is 78.5 Å². The van der Waals surface area contributed by atoms with E-state index in [1.807, 2.05) is 6.07 Å². The minimum Gasteiger partial charge on any atom is -0.362 e. The van der Waals surface area contributed by atoms with Crippen LogP contribution in [0.5, 0.6) is 0 Å². The molecule has 4 bridgehead atoms. The number of aromatic nitrogens is 2. The molecule has 0 spiro atoms. The van der Waals surface area contributed by atoms with Crippen molar-refractivity contribution in [3.05, 3.63) is 59.2 Å². The second-order valence-corrected chi connectivity index (χ2v) is 14.9. The van der Waals surface area contributed by atoms with Crippen LogP contribution in [0.15, 0.2) is 36.7 Å². The first-order chi connectivity index (χ1) is 19.4. The molecular formula is C29H46N8O3S. The molecule has 3 fully saturated rings. The lowest BCUT2D eigenvalue weighted by Gasteiger charge is -2.41. The number of benzene rings is 1. The quantitative estimate of drug-likeness (QED) is 0.424. The van der Waals surface area contributed by atoms with Gasteiger partial charge in [-0.1, -0.05) is 39.0 Å². The average Bonchev–Trinajstić information content (AvgIpc) is 3.26. The fourth-order valence-electron chi connectivity index (χ4n) is 6.51. The summed E-state index contributed by atoms with van der Waals surface area (Å²) < 4.78 is 37.0. The zero-order valence-electron chi connectivity index (χ0n) is 25.1. The smallest absolute Gasteiger partial charge is 0.231 e. The zero-order chi connectivity index (χ0) is 29.4. The van der Waals surface area contributed by atoms with E-state index >= 15 is 0 Å². The summed E-state index contributed by atoms with van der Waals surface area (Å²) in [4.78, 5) is 11.4. The van der Waals surface area contributed by atoms with Gasteiger partial charge in [-0.3, -0.25) is 15.5 Å². The van der Waals surface area contributed by atoms with Gasteiger partial charge in [0.15, 0.2) is 0 Å². The van der Waals surface area contributed by atoms with Crippen LogP contribution in [0.25, 0.3) is 0 Å². The van der Waals surface area contributed by atoms with Crippen molar-refractivity contribution in [1.29, 1.82) is 0 Å². The predicted molar refractivity (Wildman–Crippen MR) is 159 cm³/mol. The van der Waals surface area contributed by atoms with Crippen molar-refractivity contribution >= 4 is 10.0 Å². The molecule has 5 unspecified atom stereocenters. The van der Waals surface area contributed by atoms with Crippen LogP contribution in [-0.2, 0) is 21.3 Å². The molecule has 12 heteroatoms. The van der Waals surface area contributed by atoms with Crippen LogP contribution in [0, 0.1) is 19.3 Å². The number of rotatable bonds is 4. The number of hydrogen-bond acceptors (Lipinski definition) is 10. The van der Waals surface area contributed by atoms with Crippen LogP contribution in [0.3, 0.4) is 0 Å². The van der Waals surface area contributed by atoms with Crippen molar-refractivity contribution in [2.24, 2.45) is 5.41 Å². The van der Waals surface area contributed by atoms with E-state index < -0.39 is 21.7 Å². The molecule has 41 heavy (non-hydrogen) atoms. The van der Waals surface area contributed by atoms with Crippen LogP contribution in [0.1, 0.15) is 68.6 Å². The highest BCUT2D eigenvalue weighted by Crippen LogP contribution is 2.31. The number of nitrogens with one attached hydrogen (secondary N) is 4. The lowest BCUT2D eigenvalue weighted by atomic mass is 9.87. The fraction of sp³-hybridized carbons (Fsp3) is 0.655. The Morgan fingerprint density at radius 1 is 1.05 bits per heavy atom. The Morgan fingerprint density at radius 3 is 2.44 bits per heavy atom. The molecule has 0 radical (unpaired) electrons. The van der Waals surface area contributed by atoms with E-state index in [-0.39, 0.29) is 29.8 Å². The van der Waals surface area contributed by atoms with E-state index in [1.54, 1.807) is 24.5 Å². The van der Waals surface area contributed by atoms with Gasteiger partial charge in [0, 0.05) is 50.5 Å². The Hall–Kier alpha value is -2.03. The van der Waals surface area contributed by atoms with Gasteiger partial charge in [0.2, 0.25) is 10.0 Å². The molecule has 226 valence electrons. The van der Waals surface area contributed by atoms with Crippen LogP contribution in [0.4, 0.5) is 0 Å². The Balaban J connectivity index is 1.50. The highest BCUT2D eigenvalue weighted by molar-refractivity contribution is 7.90. The third kappa shape index (κ3) is 7.49. The SMILES string of the molecule is Cc1cccc(C)c1C1CC2NC(N1)NS(=O)(=O)C1CC(CN(Cc3ncccn3)[C@H](CC(C)(C)C)CO2)NN1C. The highest BCUT2D eigenvalue weighted by Gasteiger charge is 2.43. The van der Waals surface area contributed by atoms with Crippen LogP contribution < -0.4 is 20.8 Å². The summed E-state index contributed by atoms with van der Waals surface area (Å²) in [5, 5.41) is 7.94. The van der Waals surface area contributed by atoms with Crippen LogP contribution in [0.2, 0.25) is 0 Å². The first kappa shape index (κ1) is 30.4. The van der Waals surface area contributed by atoms with Gasteiger partial charge in [0.25, 0.3) is 0 Å². The third-order valence-corrected chi connectivity index (χ3v) is 10.1. The fourth-order valence-corrected chi connectivity index (χ4v) is 8.10. The summed E-state index contributed by atoms with van der Waals surface area (Å²) in [7, 11) is -1.92. The van der Waals surface area contributed by atoms with Crippen molar-refractivity contribution in [3.63, 3.8) is 0 Å². The number of sulfonamides is 1. The molecule has 0 amide bonds. The maximum Gasteiger partial charge on any atom is 0.231 e. The summed E-state index contributed by atoms with van der Waals surface area (Å²) >= 11 is 0. The summed E-state index contributed by atoms with van der Waals surface area (Å²) in [6.45, 7) is 12.6. The molecular weight excluding hydrogens is 540 g/mol.